The minimum Gasteiger partial charge on any atom is -0.507 e. The number of carbonyl (C=O) groups is 1. The summed E-state index contributed by atoms with van der Waals surface area (Å²) in [6.45, 7) is 1.43. The number of hydrogen-bond donors (Lipinski definition) is 3. The van der Waals surface area contributed by atoms with Crippen LogP contribution in [0.5, 0.6) is 5.75 Å². The van der Waals surface area contributed by atoms with Gasteiger partial charge in [0.1, 0.15) is 17.6 Å². The standard InChI is InChI=1S/C11H10N2O6S/c1-6-4-8(14)7(11(15)16)5-9(6)20(17,18)13-10-2-3-19-12-10/h2-5,14H,1H3,(H,12,13)(H,15,16). The number of sulfonamides is 1. The van der Waals surface area contributed by atoms with Crippen LogP contribution in [0.1, 0.15) is 15.9 Å². The SMILES string of the molecule is Cc1cc(O)c(C(=O)O)cc1S(=O)(=O)Nc1ccon1. The van der Waals surface area contributed by atoms with Gasteiger partial charge < -0.3 is 14.7 Å². The molecule has 0 radical (unpaired) electrons. The molecule has 2 aromatic rings. The predicted octanol–water partition coefficient (Wildman–Crippen LogP) is 1.19. The van der Waals surface area contributed by atoms with Crippen LogP contribution in [-0.2, 0) is 10.0 Å². The van der Waals surface area contributed by atoms with E-state index in [9.17, 15) is 18.3 Å². The number of benzene rings is 1. The molecule has 0 atom stereocenters. The van der Waals surface area contributed by atoms with Gasteiger partial charge in [0.25, 0.3) is 10.0 Å². The van der Waals surface area contributed by atoms with Gasteiger partial charge in [0.15, 0.2) is 5.82 Å². The largest absolute Gasteiger partial charge is 0.507 e. The summed E-state index contributed by atoms with van der Waals surface area (Å²) in [4.78, 5) is 10.7. The molecule has 2 rings (SSSR count). The van der Waals surface area contributed by atoms with Crippen LogP contribution in [0.15, 0.2) is 33.9 Å². The van der Waals surface area contributed by atoms with E-state index in [-0.39, 0.29) is 16.3 Å². The van der Waals surface area contributed by atoms with Gasteiger partial charge in [0.2, 0.25) is 0 Å². The molecule has 0 aliphatic rings. The van der Waals surface area contributed by atoms with Gasteiger partial charge in [-0.2, -0.15) is 0 Å². The second-order valence-corrected chi connectivity index (χ2v) is 5.58. The third-order valence-electron chi connectivity index (χ3n) is 2.49. The van der Waals surface area contributed by atoms with E-state index in [1.807, 2.05) is 0 Å². The van der Waals surface area contributed by atoms with E-state index < -0.39 is 27.3 Å². The molecule has 0 aliphatic carbocycles. The highest BCUT2D eigenvalue weighted by Crippen LogP contribution is 2.26. The van der Waals surface area contributed by atoms with Crippen molar-refractivity contribution in [1.29, 1.82) is 0 Å². The van der Waals surface area contributed by atoms with E-state index in [1.54, 1.807) is 0 Å². The fourth-order valence-corrected chi connectivity index (χ4v) is 2.84. The summed E-state index contributed by atoms with van der Waals surface area (Å²) in [5, 5.41) is 21.8. The highest BCUT2D eigenvalue weighted by atomic mass is 32.2. The number of anilines is 1. The Kier molecular flexibility index (Phi) is 3.36. The molecule has 8 nitrogen and oxygen atoms in total. The fraction of sp³-hybridized carbons (Fsp3) is 0.0909. The lowest BCUT2D eigenvalue weighted by Gasteiger charge is -2.10. The average molecular weight is 298 g/mol. The number of hydrogen-bond acceptors (Lipinski definition) is 6. The highest BCUT2D eigenvalue weighted by molar-refractivity contribution is 7.92. The second kappa shape index (κ2) is 4.85. The minimum absolute atomic E-state index is 0.0330. The molecule has 9 heteroatoms. The number of phenols is 1. The van der Waals surface area contributed by atoms with Crippen molar-refractivity contribution in [3.8, 4) is 5.75 Å². The quantitative estimate of drug-likeness (QED) is 0.772. The molecule has 3 N–H and O–H groups in total. The molecule has 106 valence electrons. The molecule has 0 saturated carbocycles. The maximum Gasteiger partial charge on any atom is 0.339 e. The first-order valence-corrected chi connectivity index (χ1v) is 6.79. The van der Waals surface area contributed by atoms with Gasteiger partial charge in [0, 0.05) is 6.07 Å². The van der Waals surface area contributed by atoms with Gasteiger partial charge in [-0.3, -0.25) is 4.72 Å². The molecule has 1 aromatic heterocycles. The number of aromatic carboxylic acids is 1. The topological polar surface area (TPSA) is 130 Å². The van der Waals surface area contributed by atoms with Crippen LogP contribution in [0.3, 0.4) is 0 Å². The van der Waals surface area contributed by atoms with Gasteiger partial charge in [-0.15, -0.1) is 0 Å². The number of aromatic hydroxyl groups is 1. The summed E-state index contributed by atoms with van der Waals surface area (Å²) in [6.07, 6.45) is 1.18. The Balaban J connectivity index is 2.51. The first kappa shape index (κ1) is 13.9. The number of carboxylic acid groups (broad SMARTS) is 1. The van der Waals surface area contributed by atoms with Crippen LogP contribution < -0.4 is 4.72 Å². The van der Waals surface area contributed by atoms with Crippen molar-refractivity contribution in [2.45, 2.75) is 11.8 Å². The third-order valence-corrected chi connectivity index (χ3v) is 3.99. The number of rotatable bonds is 4. The van der Waals surface area contributed by atoms with E-state index >= 15 is 0 Å². The van der Waals surface area contributed by atoms with Crippen molar-refractivity contribution in [3.63, 3.8) is 0 Å². The van der Waals surface area contributed by atoms with Gasteiger partial charge >= 0.3 is 5.97 Å². The molecular weight excluding hydrogens is 288 g/mol. The van der Waals surface area contributed by atoms with Crippen LogP contribution in [0, 0.1) is 6.92 Å². The zero-order chi connectivity index (χ0) is 14.9. The molecule has 0 saturated heterocycles. The molecule has 0 unspecified atom stereocenters. The van der Waals surface area contributed by atoms with E-state index in [0.717, 1.165) is 12.1 Å². The lowest BCUT2D eigenvalue weighted by atomic mass is 10.1. The zero-order valence-electron chi connectivity index (χ0n) is 10.2. The molecule has 1 heterocycles. The first-order chi connectivity index (χ1) is 9.31. The van der Waals surface area contributed by atoms with Gasteiger partial charge in [-0.25, -0.2) is 13.2 Å². The van der Waals surface area contributed by atoms with E-state index in [0.29, 0.717) is 0 Å². The molecule has 1 aromatic carbocycles. The predicted molar refractivity (Wildman–Crippen MR) is 67.1 cm³/mol. The zero-order valence-corrected chi connectivity index (χ0v) is 11.0. The Hall–Kier alpha value is -2.55. The summed E-state index contributed by atoms with van der Waals surface area (Å²) in [5.74, 6) is -1.97. The maximum atomic E-state index is 12.1. The average Bonchev–Trinajstić information content (AvgIpc) is 2.79. The Labute approximate surface area is 113 Å². The first-order valence-electron chi connectivity index (χ1n) is 5.31. The van der Waals surface area contributed by atoms with Crippen LogP contribution in [0.2, 0.25) is 0 Å². The van der Waals surface area contributed by atoms with Gasteiger partial charge in [-0.1, -0.05) is 5.16 Å². The number of carboxylic acids is 1. The molecule has 0 aliphatic heterocycles. The van der Waals surface area contributed by atoms with Crippen LogP contribution in [0.25, 0.3) is 0 Å². The fourth-order valence-electron chi connectivity index (χ4n) is 1.59. The molecule has 20 heavy (non-hydrogen) atoms. The molecule has 0 spiro atoms. The van der Waals surface area contributed by atoms with Crippen LogP contribution in [-0.4, -0.2) is 29.8 Å². The van der Waals surface area contributed by atoms with Crippen molar-refractivity contribution in [1.82, 2.24) is 5.16 Å². The summed E-state index contributed by atoms with van der Waals surface area (Å²) >= 11 is 0. The highest BCUT2D eigenvalue weighted by Gasteiger charge is 2.22. The van der Waals surface area contributed by atoms with Gasteiger partial charge in [-0.05, 0) is 24.6 Å². The van der Waals surface area contributed by atoms with Crippen molar-refractivity contribution in [3.05, 3.63) is 35.6 Å². The Morgan fingerprint density at radius 2 is 2.10 bits per heavy atom. The summed E-state index contributed by atoms with van der Waals surface area (Å²) < 4.78 is 30.9. The molecular formula is C11H10N2O6S. The van der Waals surface area contributed by atoms with Crippen molar-refractivity contribution >= 4 is 21.8 Å². The molecule has 0 fully saturated rings. The monoisotopic (exact) mass is 298 g/mol. The summed E-state index contributed by atoms with van der Waals surface area (Å²) in [7, 11) is -4.03. The van der Waals surface area contributed by atoms with Crippen LogP contribution in [0.4, 0.5) is 5.82 Å². The van der Waals surface area contributed by atoms with E-state index in [1.165, 1.54) is 19.3 Å². The Morgan fingerprint density at radius 1 is 1.40 bits per heavy atom. The van der Waals surface area contributed by atoms with Crippen LogP contribution >= 0.6 is 0 Å². The lowest BCUT2D eigenvalue weighted by molar-refractivity contribution is 0.0693. The van der Waals surface area contributed by atoms with Crippen molar-refractivity contribution < 1.29 is 27.9 Å². The third kappa shape index (κ3) is 2.57. The molecule has 0 bridgehead atoms. The second-order valence-electron chi connectivity index (χ2n) is 3.93. The summed E-state index contributed by atoms with van der Waals surface area (Å²) in [6, 6.07) is 3.25. The number of nitrogens with one attached hydrogen (secondary N) is 1. The number of aromatic nitrogens is 1. The Morgan fingerprint density at radius 3 is 2.65 bits per heavy atom. The van der Waals surface area contributed by atoms with Crippen molar-refractivity contribution in [2.24, 2.45) is 0 Å². The number of nitrogens with zero attached hydrogens (tertiary/aromatic N) is 1. The normalized spacial score (nSPS) is 11.2. The number of aryl methyl sites for hydroxylation is 1. The summed E-state index contributed by atoms with van der Waals surface area (Å²) in [5.41, 5.74) is -0.306. The van der Waals surface area contributed by atoms with E-state index in [2.05, 4.69) is 14.4 Å². The van der Waals surface area contributed by atoms with E-state index in [4.69, 9.17) is 5.11 Å². The lowest BCUT2D eigenvalue weighted by Crippen LogP contribution is -2.15. The Bertz CT molecular complexity index is 751. The van der Waals surface area contributed by atoms with Gasteiger partial charge in [0.05, 0.1) is 4.90 Å². The minimum atomic E-state index is -4.03. The van der Waals surface area contributed by atoms with Crippen molar-refractivity contribution in [2.75, 3.05) is 4.72 Å². The maximum absolute atomic E-state index is 12.1. The smallest absolute Gasteiger partial charge is 0.339 e. The molecule has 0 amide bonds.